The van der Waals surface area contributed by atoms with Gasteiger partial charge in [-0.3, -0.25) is 19.1 Å². The van der Waals surface area contributed by atoms with E-state index in [2.05, 4.69) is 15.4 Å². The van der Waals surface area contributed by atoms with Gasteiger partial charge < -0.3 is 25.0 Å². The zero-order chi connectivity index (χ0) is 38.3. The van der Waals surface area contributed by atoms with Gasteiger partial charge in [0.1, 0.15) is 35.6 Å². The van der Waals surface area contributed by atoms with Crippen molar-refractivity contribution in [3.8, 4) is 5.88 Å². The predicted octanol–water partition coefficient (Wildman–Crippen LogP) is 4.92. The summed E-state index contributed by atoms with van der Waals surface area (Å²) in [4.78, 5) is 62.0. The Morgan fingerprint density at radius 2 is 1.69 bits per heavy atom. The molecule has 15 heteroatoms. The number of ether oxygens (including phenoxy) is 2. The maximum absolute atomic E-state index is 14.6. The fourth-order valence-electron chi connectivity index (χ4n) is 8.32. The van der Waals surface area contributed by atoms with Crippen molar-refractivity contribution in [1.82, 2.24) is 25.2 Å². The monoisotopic (exact) mass is 775 g/mol. The molecular formula is C40H46FN5O8S. The number of nitrogens with one attached hydrogen (secondary N) is 3. The molecule has 5 aliphatic rings. The molecule has 3 saturated carbocycles. The van der Waals surface area contributed by atoms with E-state index in [1.807, 2.05) is 36.4 Å². The van der Waals surface area contributed by atoms with Gasteiger partial charge in [0.2, 0.25) is 27.7 Å². The molecule has 3 aromatic rings. The number of carbonyl (C=O) groups excluding carboxylic acids is 4. The van der Waals surface area contributed by atoms with Crippen LogP contribution in [0.1, 0.15) is 83.5 Å². The molecule has 0 radical (unpaired) electrons. The molecule has 0 bridgehead atoms. The first-order valence-corrected chi connectivity index (χ1v) is 21.0. The van der Waals surface area contributed by atoms with Gasteiger partial charge in [0.15, 0.2) is 0 Å². The molecule has 8 rings (SSSR count). The maximum atomic E-state index is 14.6. The number of nitrogens with zero attached hydrogens (tertiary/aromatic N) is 2. The van der Waals surface area contributed by atoms with E-state index < -0.39 is 74.5 Å². The smallest absolute Gasteiger partial charge is 0.408 e. The summed E-state index contributed by atoms with van der Waals surface area (Å²) in [6, 6.07) is 9.47. The van der Waals surface area contributed by atoms with Crippen LogP contribution >= 0.6 is 0 Å². The van der Waals surface area contributed by atoms with Gasteiger partial charge in [0.25, 0.3) is 5.91 Å². The average Bonchev–Trinajstić information content (AvgIpc) is 4.04. The highest BCUT2D eigenvalue weighted by Gasteiger charge is 2.62. The first kappa shape index (κ1) is 37.1. The second-order valence-corrected chi connectivity index (χ2v) is 17.6. The minimum absolute atomic E-state index is 0.0207. The van der Waals surface area contributed by atoms with Crippen molar-refractivity contribution in [2.24, 2.45) is 5.92 Å². The molecule has 2 aliphatic heterocycles. The summed E-state index contributed by atoms with van der Waals surface area (Å²) in [6.07, 6.45) is 9.96. The van der Waals surface area contributed by atoms with Gasteiger partial charge in [-0.15, -0.1) is 0 Å². The summed E-state index contributed by atoms with van der Waals surface area (Å²) in [5.74, 6) is -2.52. The average molecular weight is 776 g/mol. The molecule has 3 N–H and O–H groups in total. The number of allylic oxidation sites excluding steroid dienone is 1. The summed E-state index contributed by atoms with van der Waals surface area (Å²) in [7, 11) is -3.90. The molecule has 4 fully saturated rings. The number of hydrogen-bond acceptors (Lipinski definition) is 9. The van der Waals surface area contributed by atoms with Crippen LogP contribution in [0.5, 0.6) is 5.88 Å². The Labute approximate surface area is 318 Å². The molecular weight excluding hydrogens is 730 g/mol. The Hall–Kier alpha value is -4.79. The lowest BCUT2D eigenvalue weighted by molar-refractivity contribution is -0.141. The third-order valence-electron chi connectivity index (χ3n) is 11.6. The van der Waals surface area contributed by atoms with E-state index in [9.17, 15) is 32.0 Å². The number of fused-ring (bicyclic) bond motifs is 5. The van der Waals surface area contributed by atoms with Crippen LogP contribution in [0.15, 0.2) is 54.6 Å². The third-order valence-corrected chi connectivity index (χ3v) is 13.4. The van der Waals surface area contributed by atoms with Crippen LogP contribution in [0.3, 0.4) is 0 Å². The quantitative estimate of drug-likeness (QED) is 0.223. The van der Waals surface area contributed by atoms with E-state index in [0.29, 0.717) is 48.4 Å². The summed E-state index contributed by atoms with van der Waals surface area (Å²) in [5.41, 5.74) is -1.01. The van der Waals surface area contributed by atoms with Gasteiger partial charge in [0, 0.05) is 23.1 Å². The molecule has 13 nitrogen and oxygen atoms in total. The second kappa shape index (κ2) is 15.0. The van der Waals surface area contributed by atoms with Crippen LogP contribution in [-0.4, -0.2) is 83.7 Å². The lowest BCUT2D eigenvalue weighted by Crippen LogP contribution is -2.58. The fourth-order valence-corrected chi connectivity index (χ4v) is 9.69. The highest BCUT2D eigenvalue weighted by Crippen LogP contribution is 2.46. The Bertz CT molecular complexity index is 2160. The van der Waals surface area contributed by atoms with Crippen molar-refractivity contribution in [2.45, 2.75) is 119 Å². The fraction of sp³-hybridized carbons (Fsp3) is 0.525. The molecule has 1 aromatic heterocycles. The molecule has 2 aromatic carbocycles. The van der Waals surface area contributed by atoms with Gasteiger partial charge in [0.05, 0.1) is 17.3 Å². The number of sulfonamides is 1. The number of benzene rings is 2. The van der Waals surface area contributed by atoms with Crippen LogP contribution in [0, 0.1) is 11.7 Å². The number of carbonyl (C=O) groups is 4. The maximum Gasteiger partial charge on any atom is 0.408 e. The zero-order valence-electron chi connectivity index (χ0n) is 30.5. The number of amides is 4. The molecule has 4 amide bonds. The molecule has 0 unspecified atom stereocenters. The van der Waals surface area contributed by atoms with Crippen molar-refractivity contribution in [2.75, 3.05) is 6.54 Å². The number of aromatic nitrogens is 1. The molecule has 55 heavy (non-hydrogen) atoms. The summed E-state index contributed by atoms with van der Waals surface area (Å²) < 4.78 is 54.4. The van der Waals surface area contributed by atoms with Crippen molar-refractivity contribution < 1.29 is 41.5 Å². The molecule has 3 heterocycles. The van der Waals surface area contributed by atoms with Gasteiger partial charge in [-0.1, -0.05) is 43.2 Å². The number of alkyl carbamates (subject to hydrolysis) is 1. The van der Waals surface area contributed by atoms with Crippen LogP contribution < -0.4 is 20.1 Å². The highest BCUT2D eigenvalue weighted by molar-refractivity contribution is 7.91. The number of pyridine rings is 1. The van der Waals surface area contributed by atoms with E-state index >= 15 is 0 Å². The van der Waals surface area contributed by atoms with Gasteiger partial charge in [-0.25, -0.2) is 22.6 Å². The zero-order valence-corrected chi connectivity index (χ0v) is 31.3. The van der Waals surface area contributed by atoms with E-state index in [1.165, 1.54) is 17.0 Å². The van der Waals surface area contributed by atoms with E-state index in [0.717, 1.165) is 43.9 Å². The largest absolute Gasteiger partial charge is 0.472 e. The first-order valence-electron chi connectivity index (χ1n) is 19.5. The minimum Gasteiger partial charge on any atom is -0.472 e. The first-order chi connectivity index (χ1) is 26.5. The van der Waals surface area contributed by atoms with Gasteiger partial charge in [-0.2, -0.15) is 0 Å². The van der Waals surface area contributed by atoms with Gasteiger partial charge in [-0.05, 0) is 93.9 Å². The van der Waals surface area contributed by atoms with E-state index in [1.54, 1.807) is 6.07 Å². The Kier molecular flexibility index (Phi) is 10.2. The Balaban J connectivity index is 1.11. The number of hydrogen-bond donors (Lipinski definition) is 3. The topological polar surface area (TPSA) is 173 Å². The van der Waals surface area contributed by atoms with Crippen LogP contribution in [0.2, 0.25) is 0 Å². The number of halogens is 1. The summed E-state index contributed by atoms with van der Waals surface area (Å²) >= 11 is 0. The van der Waals surface area contributed by atoms with E-state index in [4.69, 9.17) is 14.5 Å². The lowest BCUT2D eigenvalue weighted by Gasteiger charge is -2.30. The standard InChI is InChI=1S/C40H46FN5O8S/c41-25-16-19-32-31(20-25)29-13-8-9-14-30(29)36(42-32)53-27-21-34-35(47)44-40(38(49)45-55(51,52)28-17-18-28)22-24(40)10-4-2-1-3-5-15-33(37(48)46(34)23-27)43-39(50)54-26-11-6-7-12-26/h4,8-10,13-14,16,19-20,24,26-28,33-34H,1-3,5-7,11-12,15,17-18,21-23H2,(H,43,50)(H,44,47)(H,45,49)/b10-4-/t24-,27-,33+,34+,40-/m1/s1. The van der Waals surface area contributed by atoms with E-state index in [-0.39, 0.29) is 31.4 Å². The summed E-state index contributed by atoms with van der Waals surface area (Å²) in [6.45, 7) is -0.0389. The molecule has 0 spiro atoms. The molecule has 292 valence electrons. The molecule has 3 aliphatic carbocycles. The van der Waals surface area contributed by atoms with Gasteiger partial charge >= 0.3 is 6.09 Å². The van der Waals surface area contributed by atoms with Crippen LogP contribution in [-0.2, 0) is 29.1 Å². The summed E-state index contributed by atoms with van der Waals surface area (Å²) in [5, 5.41) is 6.99. The van der Waals surface area contributed by atoms with Crippen LogP contribution in [0.25, 0.3) is 21.7 Å². The van der Waals surface area contributed by atoms with Crippen molar-refractivity contribution >= 4 is 55.5 Å². The normalized spacial score (nSPS) is 28.3. The number of rotatable bonds is 7. The Morgan fingerprint density at radius 1 is 0.927 bits per heavy atom. The lowest BCUT2D eigenvalue weighted by atomic mass is 10.0. The SMILES string of the molecule is O=C(N[C@H]1CCCCC/C=C\[C@@H]2C[C@@]2(C(=O)NS(=O)(=O)C2CC2)NC(=O)[C@@H]2C[C@@H](Oc3nc4ccc(F)cc4c4ccccc34)CN2C1=O)OC1CCCC1. The van der Waals surface area contributed by atoms with Crippen LogP contribution in [0.4, 0.5) is 9.18 Å². The Morgan fingerprint density at radius 3 is 2.47 bits per heavy atom. The minimum atomic E-state index is -3.90. The second-order valence-electron chi connectivity index (χ2n) is 15.6. The van der Waals surface area contributed by atoms with Crippen molar-refractivity contribution in [3.63, 3.8) is 0 Å². The molecule has 1 saturated heterocycles. The van der Waals surface area contributed by atoms with Crippen molar-refractivity contribution in [3.05, 3.63) is 60.4 Å². The highest BCUT2D eigenvalue weighted by atomic mass is 32.2. The third kappa shape index (κ3) is 7.85. The predicted molar refractivity (Wildman–Crippen MR) is 201 cm³/mol. The molecule has 5 atom stereocenters. The van der Waals surface area contributed by atoms with Crippen molar-refractivity contribution in [1.29, 1.82) is 0 Å².